The monoisotopic (exact) mass is 582 g/mol. The number of nitrogens with zero attached hydrogens (tertiary/aromatic N) is 1. The van der Waals surface area contributed by atoms with E-state index in [1.165, 1.54) is 26.4 Å². The third kappa shape index (κ3) is 7.10. The standard InChI is InChI=1S/C27H26ClF3N2O5S/c1-26(2,3)21(34)13-23-33(14-22(35)32-16-9-10-18(28)17(12-16)27(29,30)31)25(36)20(39-23)11-15-7-6-8-19(37-4)24(15)38-5/h6-13H,14H2,1-5H3,(H,32,35). The second-order valence-electron chi connectivity index (χ2n) is 9.42. The number of aromatic nitrogens is 1. The van der Waals surface area contributed by atoms with Crippen LogP contribution in [0.15, 0.2) is 41.2 Å². The summed E-state index contributed by atoms with van der Waals surface area (Å²) in [7, 11) is 2.93. The van der Waals surface area contributed by atoms with E-state index in [2.05, 4.69) is 5.32 Å². The van der Waals surface area contributed by atoms with Crippen LogP contribution >= 0.6 is 22.9 Å². The Morgan fingerprint density at radius 3 is 2.38 bits per heavy atom. The van der Waals surface area contributed by atoms with Crippen LogP contribution in [0.3, 0.4) is 0 Å². The van der Waals surface area contributed by atoms with Gasteiger partial charge >= 0.3 is 6.18 Å². The number of benzene rings is 2. The molecule has 1 N–H and O–H groups in total. The quantitative estimate of drug-likeness (QED) is 0.444. The predicted molar refractivity (Wildman–Crippen MR) is 145 cm³/mol. The minimum absolute atomic E-state index is 0.149. The summed E-state index contributed by atoms with van der Waals surface area (Å²) in [6, 6.07) is 8.06. The molecule has 0 spiro atoms. The molecule has 7 nitrogen and oxygen atoms in total. The molecule has 3 aromatic rings. The Bertz CT molecular complexity index is 1590. The van der Waals surface area contributed by atoms with Crippen molar-refractivity contribution in [2.45, 2.75) is 33.5 Å². The lowest BCUT2D eigenvalue weighted by atomic mass is 9.91. The number of rotatable bonds is 7. The van der Waals surface area contributed by atoms with E-state index in [0.29, 0.717) is 23.1 Å². The van der Waals surface area contributed by atoms with Crippen molar-refractivity contribution in [2.75, 3.05) is 19.5 Å². The van der Waals surface area contributed by atoms with E-state index in [-0.39, 0.29) is 20.7 Å². The van der Waals surface area contributed by atoms with Gasteiger partial charge in [0.1, 0.15) is 11.2 Å². The molecule has 208 valence electrons. The van der Waals surface area contributed by atoms with Gasteiger partial charge < -0.3 is 14.8 Å². The summed E-state index contributed by atoms with van der Waals surface area (Å²) in [5.74, 6) is -0.223. The molecule has 2 aromatic carbocycles. The normalized spacial score (nSPS) is 12.9. The number of thiazole rings is 1. The zero-order chi connectivity index (χ0) is 29.1. The van der Waals surface area contributed by atoms with Crippen molar-refractivity contribution in [3.63, 3.8) is 0 Å². The van der Waals surface area contributed by atoms with Gasteiger partial charge in [-0.25, -0.2) is 0 Å². The average Bonchev–Trinajstić information content (AvgIpc) is 3.12. The Kier molecular flexibility index (Phi) is 8.97. The van der Waals surface area contributed by atoms with E-state index >= 15 is 0 Å². The van der Waals surface area contributed by atoms with Crippen LogP contribution in [-0.4, -0.2) is 30.5 Å². The number of hydrogen-bond acceptors (Lipinski definition) is 6. The maximum absolute atomic E-state index is 13.4. The molecule has 1 aromatic heterocycles. The van der Waals surface area contributed by atoms with Gasteiger partial charge in [0.2, 0.25) is 5.91 Å². The highest BCUT2D eigenvalue weighted by Crippen LogP contribution is 2.36. The highest BCUT2D eigenvalue weighted by molar-refractivity contribution is 7.07. The number of amides is 1. The summed E-state index contributed by atoms with van der Waals surface area (Å²) in [5, 5.41) is 1.85. The van der Waals surface area contributed by atoms with E-state index in [1.54, 1.807) is 45.0 Å². The van der Waals surface area contributed by atoms with Crippen LogP contribution in [-0.2, 0) is 22.3 Å². The average molecular weight is 583 g/mol. The number of methoxy groups -OCH3 is 2. The predicted octanol–water partition coefficient (Wildman–Crippen LogP) is 4.46. The summed E-state index contributed by atoms with van der Waals surface area (Å²) in [4.78, 5) is 39.0. The third-order valence-electron chi connectivity index (χ3n) is 5.51. The Morgan fingerprint density at radius 1 is 1.10 bits per heavy atom. The van der Waals surface area contributed by atoms with Crippen LogP contribution in [0.2, 0.25) is 5.02 Å². The molecular formula is C27H26ClF3N2O5S. The summed E-state index contributed by atoms with van der Waals surface area (Å²) in [5.41, 5.74) is -2.06. The molecule has 0 unspecified atom stereocenters. The number of para-hydroxylation sites is 1. The van der Waals surface area contributed by atoms with E-state index in [0.717, 1.165) is 22.0 Å². The van der Waals surface area contributed by atoms with Crippen molar-refractivity contribution in [3.8, 4) is 11.5 Å². The highest BCUT2D eigenvalue weighted by Gasteiger charge is 2.33. The van der Waals surface area contributed by atoms with Gasteiger partial charge in [0, 0.05) is 22.7 Å². The number of halogens is 4. The molecule has 39 heavy (non-hydrogen) atoms. The molecule has 1 heterocycles. The van der Waals surface area contributed by atoms with Crippen molar-refractivity contribution < 1.29 is 32.2 Å². The number of hydrogen-bond donors (Lipinski definition) is 1. The summed E-state index contributed by atoms with van der Waals surface area (Å²) < 4.78 is 51.9. The number of ketones is 1. The van der Waals surface area contributed by atoms with Crippen molar-refractivity contribution >= 4 is 52.5 Å². The molecule has 0 atom stereocenters. The number of carbonyl (C=O) groups excluding carboxylic acids is 2. The van der Waals surface area contributed by atoms with Gasteiger partial charge in [0.05, 0.1) is 29.3 Å². The fourth-order valence-corrected chi connectivity index (χ4v) is 4.71. The number of Topliss-reactive ketones (excluding diaryl/α,β-unsaturated/α-hetero) is 1. The van der Waals surface area contributed by atoms with Crippen LogP contribution < -0.4 is 29.5 Å². The molecule has 0 aliphatic heterocycles. The fourth-order valence-electron chi connectivity index (χ4n) is 3.45. The Balaban J connectivity index is 2.09. The van der Waals surface area contributed by atoms with Gasteiger partial charge in [-0.2, -0.15) is 13.2 Å². The van der Waals surface area contributed by atoms with Gasteiger partial charge in [-0.3, -0.25) is 19.0 Å². The SMILES string of the molecule is COc1cccc(C=c2sc(=CC(=O)C(C)(C)C)n(CC(=O)Nc3ccc(Cl)c(C(F)(F)F)c3)c2=O)c1OC. The van der Waals surface area contributed by atoms with E-state index in [9.17, 15) is 27.6 Å². The van der Waals surface area contributed by atoms with Crippen molar-refractivity contribution in [2.24, 2.45) is 5.41 Å². The summed E-state index contributed by atoms with van der Waals surface area (Å²) in [6.45, 7) is 4.58. The largest absolute Gasteiger partial charge is 0.493 e. The number of anilines is 1. The molecule has 0 aliphatic rings. The van der Waals surface area contributed by atoms with Crippen LogP contribution in [0.1, 0.15) is 31.9 Å². The Morgan fingerprint density at radius 2 is 1.79 bits per heavy atom. The first-order valence-corrected chi connectivity index (χ1v) is 12.7. The van der Waals surface area contributed by atoms with Gasteiger partial charge in [-0.05, 0) is 30.3 Å². The molecule has 0 saturated carbocycles. The van der Waals surface area contributed by atoms with Crippen LogP contribution in [0.25, 0.3) is 12.2 Å². The molecule has 3 rings (SSSR count). The topological polar surface area (TPSA) is 86.6 Å². The molecule has 0 fully saturated rings. The lowest BCUT2D eigenvalue weighted by Crippen LogP contribution is -2.36. The zero-order valence-electron chi connectivity index (χ0n) is 21.7. The number of nitrogens with one attached hydrogen (secondary N) is 1. The number of ether oxygens (including phenoxy) is 2. The van der Waals surface area contributed by atoms with E-state index in [4.69, 9.17) is 21.1 Å². The van der Waals surface area contributed by atoms with E-state index in [1.807, 2.05) is 0 Å². The van der Waals surface area contributed by atoms with Crippen LogP contribution in [0.4, 0.5) is 18.9 Å². The van der Waals surface area contributed by atoms with Gasteiger partial charge in [0.15, 0.2) is 17.3 Å². The maximum atomic E-state index is 13.4. The lowest BCUT2D eigenvalue weighted by Gasteiger charge is -2.13. The van der Waals surface area contributed by atoms with Crippen LogP contribution in [0, 0.1) is 5.41 Å². The second kappa shape index (κ2) is 11.7. The molecule has 12 heteroatoms. The summed E-state index contributed by atoms with van der Waals surface area (Å²) in [6.07, 6.45) is -1.89. The van der Waals surface area contributed by atoms with E-state index < -0.39 is 40.2 Å². The van der Waals surface area contributed by atoms with Gasteiger partial charge in [-0.15, -0.1) is 11.3 Å². The third-order valence-corrected chi connectivity index (χ3v) is 6.90. The zero-order valence-corrected chi connectivity index (χ0v) is 23.3. The molecule has 0 radical (unpaired) electrons. The van der Waals surface area contributed by atoms with Crippen molar-refractivity contribution in [3.05, 3.63) is 72.1 Å². The molecule has 1 amide bonds. The maximum Gasteiger partial charge on any atom is 0.417 e. The Hall–Kier alpha value is -3.57. The minimum atomic E-state index is -4.72. The number of alkyl halides is 3. The van der Waals surface area contributed by atoms with Crippen LogP contribution in [0.5, 0.6) is 11.5 Å². The minimum Gasteiger partial charge on any atom is -0.493 e. The first-order valence-electron chi connectivity index (χ1n) is 11.5. The molecule has 0 bridgehead atoms. The first kappa shape index (κ1) is 30.0. The fraction of sp³-hybridized carbons (Fsp3) is 0.296. The van der Waals surface area contributed by atoms with Gasteiger partial charge in [-0.1, -0.05) is 44.5 Å². The molecule has 0 saturated heterocycles. The summed E-state index contributed by atoms with van der Waals surface area (Å²) >= 11 is 6.64. The Labute approximate surface area is 231 Å². The number of carbonyl (C=O) groups is 2. The van der Waals surface area contributed by atoms with Crippen molar-refractivity contribution in [1.82, 2.24) is 4.57 Å². The van der Waals surface area contributed by atoms with Gasteiger partial charge in [0.25, 0.3) is 5.56 Å². The highest BCUT2D eigenvalue weighted by atomic mass is 35.5. The smallest absolute Gasteiger partial charge is 0.417 e. The molecule has 0 aliphatic carbocycles. The lowest BCUT2D eigenvalue weighted by molar-refractivity contribution is -0.137. The second-order valence-corrected chi connectivity index (χ2v) is 10.9. The molecular weight excluding hydrogens is 557 g/mol. The van der Waals surface area contributed by atoms with Crippen molar-refractivity contribution in [1.29, 1.82) is 0 Å². The first-order chi connectivity index (χ1) is 18.1.